The van der Waals surface area contributed by atoms with Crippen LogP contribution in [0.2, 0.25) is 10.3 Å². The number of aryl methyl sites for hydroxylation is 1. The number of halogens is 2. The zero-order valence-electron chi connectivity index (χ0n) is 11.2. The first-order valence-electron chi connectivity index (χ1n) is 6.18. The second-order valence-corrected chi connectivity index (χ2v) is 4.77. The van der Waals surface area contributed by atoms with E-state index in [1.165, 1.54) is 0 Å². The molecule has 1 aromatic carbocycles. The topological polar surface area (TPSA) is 44.2 Å². The molecule has 0 amide bonds. The minimum absolute atomic E-state index is 0.194. The van der Waals surface area contributed by atoms with Crippen molar-refractivity contribution < 1.29 is 9.47 Å². The lowest BCUT2D eigenvalue weighted by Crippen LogP contribution is -1.99. The first kappa shape index (κ1) is 14.9. The van der Waals surface area contributed by atoms with Gasteiger partial charge in [-0.25, -0.2) is 9.97 Å². The molecule has 20 heavy (non-hydrogen) atoms. The number of methoxy groups -OCH3 is 1. The van der Waals surface area contributed by atoms with Gasteiger partial charge < -0.3 is 9.47 Å². The van der Waals surface area contributed by atoms with Crippen LogP contribution in [0.25, 0.3) is 0 Å². The lowest BCUT2D eigenvalue weighted by atomic mass is 10.3. The molecule has 2 rings (SSSR count). The summed E-state index contributed by atoms with van der Waals surface area (Å²) in [4.78, 5) is 8.36. The van der Waals surface area contributed by atoms with Gasteiger partial charge in [-0.15, -0.1) is 0 Å². The van der Waals surface area contributed by atoms with Gasteiger partial charge in [-0.1, -0.05) is 42.3 Å². The van der Waals surface area contributed by atoms with E-state index in [0.717, 1.165) is 6.42 Å². The van der Waals surface area contributed by atoms with Gasteiger partial charge in [0, 0.05) is 6.42 Å². The van der Waals surface area contributed by atoms with E-state index in [4.69, 9.17) is 32.7 Å². The zero-order chi connectivity index (χ0) is 14.5. The van der Waals surface area contributed by atoms with Crippen molar-refractivity contribution in [2.45, 2.75) is 19.8 Å². The summed E-state index contributed by atoms with van der Waals surface area (Å²) < 4.78 is 10.9. The molecule has 106 valence electrons. The molecule has 0 aliphatic carbocycles. The number of hydrogen-bond acceptors (Lipinski definition) is 4. The molecule has 0 atom stereocenters. The maximum absolute atomic E-state index is 6.11. The summed E-state index contributed by atoms with van der Waals surface area (Å²) >= 11 is 12.2. The summed E-state index contributed by atoms with van der Waals surface area (Å²) in [5.41, 5.74) is 0. The molecule has 0 saturated carbocycles. The predicted octanol–water partition coefficient (Wildman–Crippen LogP) is 4.54. The summed E-state index contributed by atoms with van der Waals surface area (Å²) in [6.07, 6.45) is 1.63. The standard InChI is InChI=1S/C14H14Cl2N2O2/c1-3-6-11-17-13(15)12(14(16)18-11)20-10-8-5-4-7-9(10)19-2/h4-5,7-8H,3,6H2,1-2H3. The second kappa shape index (κ2) is 6.77. The Morgan fingerprint density at radius 3 is 2.20 bits per heavy atom. The lowest BCUT2D eigenvalue weighted by Gasteiger charge is -2.12. The van der Waals surface area contributed by atoms with Gasteiger partial charge in [0.2, 0.25) is 5.75 Å². The van der Waals surface area contributed by atoms with Crippen LogP contribution < -0.4 is 9.47 Å². The number of ether oxygens (including phenoxy) is 2. The Morgan fingerprint density at radius 1 is 1.05 bits per heavy atom. The van der Waals surface area contributed by atoms with Gasteiger partial charge in [-0.3, -0.25) is 0 Å². The van der Waals surface area contributed by atoms with Gasteiger partial charge in [-0.05, 0) is 18.6 Å². The third-order valence-electron chi connectivity index (χ3n) is 2.58. The van der Waals surface area contributed by atoms with Crippen molar-refractivity contribution in [2.24, 2.45) is 0 Å². The average Bonchev–Trinajstić information content (AvgIpc) is 2.43. The summed E-state index contributed by atoms with van der Waals surface area (Å²) in [7, 11) is 1.56. The van der Waals surface area contributed by atoms with E-state index in [-0.39, 0.29) is 16.1 Å². The van der Waals surface area contributed by atoms with Crippen LogP contribution in [0.3, 0.4) is 0 Å². The Bertz CT molecular complexity index is 582. The van der Waals surface area contributed by atoms with Crippen LogP contribution in [-0.2, 0) is 6.42 Å². The smallest absolute Gasteiger partial charge is 0.202 e. The monoisotopic (exact) mass is 312 g/mol. The molecule has 0 fully saturated rings. The molecule has 2 aromatic rings. The highest BCUT2D eigenvalue weighted by molar-refractivity contribution is 6.35. The van der Waals surface area contributed by atoms with Crippen LogP contribution in [0, 0.1) is 0 Å². The van der Waals surface area contributed by atoms with Crippen LogP contribution in [-0.4, -0.2) is 17.1 Å². The first-order valence-corrected chi connectivity index (χ1v) is 6.94. The van der Waals surface area contributed by atoms with E-state index in [0.29, 0.717) is 23.7 Å². The molecule has 4 nitrogen and oxygen atoms in total. The fourth-order valence-electron chi connectivity index (χ4n) is 1.67. The SMILES string of the molecule is CCCc1nc(Cl)c(Oc2ccccc2OC)c(Cl)n1. The number of benzene rings is 1. The van der Waals surface area contributed by atoms with E-state index in [1.807, 2.05) is 19.1 Å². The maximum atomic E-state index is 6.11. The van der Waals surface area contributed by atoms with Crippen LogP contribution in [0.15, 0.2) is 24.3 Å². The highest BCUT2D eigenvalue weighted by atomic mass is 35.5. The lowest BCUT2D eigenvalue weighted by molar-refractivity contribution is 0.378. The minimum Gasteiger partial charge on any atom is -0.493 e. The number of rotatable bonds is 5. The Morgan fingerprint density at radius 2 is 1.65 bits per heavy atom. The van der Waals surface area contributed by atoms with Crippen molar-refractivity contribution >= 4 is 23.2 Å². The van der Waals surface area contributed by atoms with Crippen LogP contribution in [0.1, 0.15) is 19.2 Å². The average molecular weight is 313 g/mol. The van der Waals surface area contributed by atoms with Crippen molar-refractivity contribution in [3.05, 3.63) is 40.4 Å². The molecular weight excluding hydrogens is 299 g/mol. The zero-order valence-corrected chi connectivity index (χ0v) is 12.7. The Kier molecular flexibility index (Phi) is 5.04. The van der Waals surface area contributed by atoms with Crippen LogP contribution >= 0.6 is 23.2 Å². The molecule has 0 spiro atoms. The largest absolute Gasteiger partial charge is 0.493 e. The molecule has 0 saturated heterocycles. The van der Waals surface area contributed by atoms with Gasteiger partial charge in [0.1, 0.15) is 5.82 Å². The summed E-state index contributed by atoms with van der Waals surface area (Å²) in [6, 6.07) is 7.20. The van der Waals surface area contributed by atoms with Crippen molar-refractivity contribution in [2.75, 3.05) is 7.11 Å². The molecule has 0 radical (unpaired) electrons. The summed E-state index contributed by atoms with van der Waals surface area (Å²) in [5.74, 6) is 1.93. The second-order valence-electron chi connectivity index (χ2n) is 4.05. The number of para-hydroxylation sites is 2. The predicted molar refractivity (Wildman–Crippen MR) is 79.1 cm³/mol. The number of nitrogens with zero attached hydrogens (tertiary/aromatic N) is 2. The van der Waals surface area contributed by atoms with Gasteiger partial charge in [0.15, 0.2) is 21.8 Å². The van der Waals surface area contributed by atoms with Crippen LogP contribution in [0.5, 0.6) is 17.2 Å². The van der Waals surface area contributed by atoms with E-state index in [2.05, 4.69) is 9.97 Å². The van der Waals surface area contributed by atoms with E-state index in [1.54, 1.807) is 19.2 Å². The molecule has 0 aliphatic rings. The fraction of sp³-hybridized carbons (Fsp3) is 0.286. The highest BCUT2D eigenvalue weighted by Gasteiger charge is 2.15. The molecule has 0 aliphatic heterocycles. The number of aromatic nitrogens is 2. The Balaban J connectivity index is 2.34. The van der Waals surface area contributed by atoms with E-state index in [9.17, 15) is 0 Å². The number of hydrogen-bond donors (Lipinski definition) is 0. The van der Waals surface area contributed by atoms with Crippen molar-refractivity contribution in [1.29, 1.82) is 0 Å². The molecule has 0 N–H and O–H groups in total. The van der Waals surface area contributed by atoms with Gasteiger partial charge in [0.25, 0.3) is 0 Å². The molecule has 1 heterocycles. The molecule has 1 aromatic heterocycles. The summed E-state index contributed by atoms with van der Waals surface area (Å²) in [5, 5.41) is 0.388. The van der Waals surface area contributed by atoms with Crippen molar-refractivity contribution in [1.82, 2.24) is 9.97 Å². The van der Waals surface area contributed by atoms with Gasteiger partial charge in [-0.2, -0.15) is 0 Å². The molecular formula is C14H14Cl2N2O2. The van der Waals surface area contributed by atoms with Crippen molar-refractivity contribution in [3.63, 3.8) is 0 Å². The highest BCUT2D eigenvalue weighted by Crippen LogP contribution is 2.37. The summed E-state index contributed by atoms with van der Waals surface area (Å²) in [6.45, 7) is 2.03. The fourth-order valence-corrected chi connectivity index (χ4v) is 2.17. The van der Waals surface area contributed by atoms with Crippen LogP contribution in [0.4, 0.5) is 0 Å². The first-order chi connectivity index (χ1) is 9.65. The molecule has 0 unspecified atom stereocenters. The quantitative estimate of drug-likeness (QED) is 0.760. The minimum atomic E-state index is 0.194. The third-order valence-corrected chi connectivity index (χ3v) is 3.10. The Labute approximate surface area is 127 Å². The van der Waals surface area contributed by atoms with E-state index < -0.39 is 0 Å². The molecule has 0 bridgehead atoms. The van der Waals surface area contributed by atoms with Crippen molar-refractivity contribution in [3.8, 4) is 17.2 Å². The van der Waals surface area contributed by atoms with Gasteiger partial charge in [0.05, 0.1) is 7.11 Å². The van der Waals surface area contributed by atoms with E-state index >= 15 is 0 Å². The maximum Gasteiger partial charge on any atom is 0.202 e. The molecule has 6 heteroatoms. The normalized spacial score (nSPS) is 10.4. The van der Waals surface area contributed by atoms with Gasteiger partial charge >= 0.3 is 0 Å². The Hall–Kier alpha value is -1.52. The third kappa shape index (κ3) is 3.32.